The standard InChI is InChI=1S/C13H16O3/c1-16-12-7-10(6-9-2-3-9)4-5-11(12)8-13(14)15/h4-5,7,9H,2-3,6,8H2,1H3,(H,14,15). The summed E-state index contributed by atoms with van der Waals surface area (Å²) in [4.78, 5) is 10.7. The molecule has 3 heteroatoms. The van der Waals surface area contributed by atoms with Gasteiger partial charge in [-0.15, -0.1) is 0 Å². The third-order valence-corrected chi connectivity index (χ3v) is 2.91. The largest absolute Gasteiger partial charge is 0.496 e. The van der Waals surface area contributed by atoms with E-state index in [4.69, 9.17) is 9.84 Å². The summed E-state index contributed by atoms with van der Waals surface area (Å²) in [6.45, 7) is 0. The molecule has 16 heavy (non-hydrogen) atoms. The number of hydrogen-bond acceptors (Lipinski definition) is 2. The molecule has 0 amide bonds. The second kappa shape index (κ2) is 4.56. The van der Waals surface area contributed by atoms with Crippen LogP contribution in [0.2, 0.25) is 0 Å². The number of ether oxygens (including phenoxy) is 1. The van der Waals surface area contributed by atoms with Crippen LogP contribution in [0.15, 0.2) is 18.2 Å². The molecular weight excluding hydrogens is 204 g/mol. The van der Waals surface area contributed by atoms with Gasteiger partial charge in [-0.1, -0.05) is 12.1 Å². The average Bonchev–Trinajstić information content (AvgIpc) is 3.03. The molecule has 1 aliphatic rings. The normalized spacial score (nSPS) is 14.8. The number of carboxylic acid groups (broad SMARTS) is 1. The molecular formula is C13H16O3. The number of methoxy groups -OCH3 is 1. The predicted molar refractivity (Wildman–Crippen MR) is 60.8 cm³/mol. The lowest BCUT2D eigenvalue weighted by Crippen LogP contribution is -2.03. The summed E-state index contributed by atoms with van der Waals surface area (Å²) in [5.74, 6) is 0.698. The maximum atomic E-state index is 10.7. The van der Waals surface area contributed by atoms with Crippen molar-refractivity contribution in [2.24, 2.45) is 5.92 Å². The van der Waals surface area contributed by atoms with Crippen LogP contribution in [0.1, 0.15) is 24.0 Å². The van der Waals surface area contributed by atoms with Gasteiger partial charge in [0, 0.05) is 5.56 Å². The number of benzene rings is 1. The van der Waals surface area contributed by atoms with Crippen LogP contribution in [0.25, 0.3) is 0 Å². The summed E-state index contributed by atoms with van der Waals surface area (Å²) in [5, 5.41) is 8.76. The van der Waals surface area contributed by atoms with Gasteiger partial charge in [0.05, 0.1) is 13.5 Å². The van der Waals surface area contributed by atoms with Crippen LogP contribution in [0.4, 0.5) is 0 Å². The molecule has 1 fully saturated rings. The minimum atomic E-state index is -0.826. The van der Waals surface area contributed by atoms with Crippen molar-refractivity contribution in [1.82, 2.24) is 0 Å². The van der Waals surface area contributed by atoms with Gasteiger partial charge in [-0.25, -0.2) is 0 Å². The first kappa shape index (κ1) is 11.0. The zero-order valence-electron chi connectivity index (χ0n) is 9.40. The molecule has 2 rings (SSSR count). The van der Waals surface area contributed by atoms with Gasteiger partial charge >= 0.3 is 5.97 Å². The quantitative estimate of drug-likeness (QED) is 0.828. The van der Waals surface area contributed by atoms with Crippen LogP contribution in [-0.2, 0) is 17.6 Å². The summed E-state index contributed by atoms with van der Waals surface area (Å²) in [6, 6.07) is 5.85. The summed E-state index contributed by atoms with van der Waals surface area (Å²) in [6.07, 6.45) is 3.75. The highest BCUT2D eigenvalue weighted by Gasteiger charge is 2.21. The van der Waals surface area contributed by atoms with E-state index in [9.17, 15) is 4.79 Å². The zero-order valence-corrected chi connectivity index (χ0v) is 9.40. The maximum absolute atomic E-state index is 10.7. The van der Waals surface area contributed by atoms with Crippen molar-refractivity contribution in [3.05, 3.63) is 29.3 Å². The van der Waals surface area contributed by atoms with E-state index in [0.717, 1.165) is 17.9 Å². The third kappa shape index (κ3) is 2.75. The maximum Gasteiger partial charge on any atom is 0.307 e. The third-order valence-electron chi connectivity index (χ3n) is 2.91. The van der Waals surface area contributed by atoms with E-state index < -0.39 is 5.97 Å². The zero-order chi connectivity index (χ0) is 11.5. The van der Waals surface area contributed by atoms with Gasteiger partial charge in [0.15, 0.2) is 0 Å². The Kier molecular flexibility index (Phi) is 3.13. The lowest BCUT2D eigenvalue weighted by molar-refractivity contribution is -0.136. The highest BCUT2D eigenvalue weighted by molar-refractivity contribution is 5.71. The van der Waals surface area contributed by atoms with Crippen LogP contribution in [-0.4, -0.2) is 18.2 Å². The Balaban J connectivity index is 2.15. The molecule has 1 saturated carbocycles. The molecule has 1 aromatic carbocycles. The highest BCUT2D eigenvalue weighted by Crippen LogP contribution is 2.33. The van der Waals surface area contributed by atoms with E-state index in [2.05, 4.69) is 0 Å². The summed E-state index contributed by atoms with van der Waals surface area (Å²) < 4.78 is 5.23. The predicted octanol–water partition coefficient (Wildman–Crippen LogP) is 2.27. The second-order valence-corrected chi connectivity index (χ2v) is 4.36. The van der Waals surface area contributed by atoms with E-state index in [1.54, 1.807) is 7.11 Å². The number of hydrogen-bond donors (Lipinski definition) is 1. The molecule has 1 N–H and O–H groups in total. The van der Waals surface area contributed by atoms with Crippen molar-refractivity contribution in [1.29, 1.82) is 0 Å². The van der Waals surface area contributed by atoms with E-state index in [0.29, 0.717) is 5.75 Å². The van der Waals surface area contributed by atoms with E-state index in [-0.39, 0.29) is 6.42 Å². The van der Waals surface area contributed by atoms with Gasteiger partial charge in [0.2, 0.25) is 0 Å². The van der Waals surface area contributed by atoms with Crippen molar-refractivity contribution in [2.75, 3.05) is 7.11 Å². The Morgan fingerprint density at radius 1 is 1.50 bits per heavy atom. The second-order valence-electron chi connectivity index (χ2n) is 4.36. The van der Waals surface area contributed by atoms with Crippen LogP contribution in [0.3, 0.4) is 0 Å². The van der Waals surface area contributed by atoms with Crippen molar-refractivity contribution >= 4 is 5.97 Å². The number of carbonyl (C=O) groups is 1. The molecule has 1 aromatic rings. The molecule has 0 unspecified atom stereocenters. The first-order valence-electron chi connectivity index (χ1n) is 5.56. The first-order valence-corrected chi connectivity index (χ1v) is 5.56. The lowest BCUT2D eigenvalue weighted by atomic mass is 10.0. The van der Waals surface area contributed by atoms with Crippen molar-refractivity contribution < 1.29 is 14.6 Å². The Hall–Kier alpha value is -1.51. The SMILES string of the molecule is COc1cc(CC2CC2)ccc1CC(=O)O. The molecule has 0 aromatic heterocycles. The van der Waals surface area contributed by atoms with Crippen molar-refractivity contribution in [3.8, 4) is 5.75 Å². The van der Waals surface area contributed by atoms with Gasteiger partial charge in [-0.3, -0.25) is 4.79 Å². The first-order chi connectivity index (χ1) is 7.69. The fourth-order valence-corrected chi connectivity index (χ4v) is 1.88. The van der Waals surface area contributed by atoms with Crippen LogP contribution >= 0.6 is 0 Å². The number of carboxylic acids is 1. The van der Waals surface area contributed by atoms with Crippen molar-refractivity contribution in [2.45, 2.75) is 25.7 Å². The Morgan fingerprint density at radius 3 is 2.81 bits per heavy atom. The molecule has 0 spiro atoms. The minimum Gasteiger partial charge on any atom is -0.496 e. The van der Waals surface area contributed by atoms with E-state index in [1.807, 2.05) is 18.2 Å². The summed E-state index contributed by atoms with van der Waals surface area (Å²) in [7, 11) is 1.58. The fourth-order valence-electron chi connectivity index (χ4n) is 1.88. The monoisotopic (exact) mass is 220 g/mol. The van der Waals surface area contributed by atoms with E-state index in [1.165, 1.54) is 18.4 Å². The number of rotatable bonds is 5. The van der Waals surface area contributed by atoms with Gasteiger partial charge in [0.1, 0.15) is 5.75 Å². The lowest BCUT2D eigenvalue weighted by Gasteiger charge is -2.09. The fraction of sp³-hybridized carbons (Fsp3) is 0.462. The van der Waals surface area contributed by atoms with Gasteiger partial charge in [-0.05, 0) is 36.8 Å². The highest BCUT2D eigenvalue weighted by atomic mass is 16.5. The molecule has 0 bridgehead atoms. The Bertz CT molecular complexity index is 394. The molecule has 0 saturated heterocycles. The molecule has 0 atom stereocenters. The van der Waals surface area contributed by atoms with Gasteiger partial charge in [0.25, 0.3) is 0 Å². The van der Waals surface area contributed by atoms with Crippen molar-refractivity contribution in [3.63, 3.8) is 0 Å². The molecule has 1 aliphatic carbocycles. The summed E-state index contributed by atoms with van der Waals surface area (Å²) >= 11 is 0. The van der Waals surface area contributed by atoms with Crippen LogP contribution < -0.4 is 4.74 Å². The van der Waals surface area contributed by atoms with Crippen LogP contribution in [0, 0.1) is 5.92 Å². The van der Waals surface area contributed by atoms with E-state index >= 15 is 0 Å². The van der Waals surface area contributed by atoms with Gasteiger partial charge < -0.3 is 9.84 Å². The molecule has 3 nitrogen and oxygen atoms in total. The average molecular weight is 220 g/mol. The molecule has 86 valence electrons. The Morgan fingerprint density at radius 2 is 2.25 bits per heavy atom. The molecule has 0 aliphatic heterocycles. The van der Waals surface area contributed by atoms with Crippen LogP contribution in [0.5, 0.6) is 5.75 Å². The topological polar surface area (TPSA) is 46.5 Å². The number of aliphatic carboxylic acids is 1. The molecule has 0 heterocycles. The minimum absolute atomic E-state index is 0.0207. The Labute approximate surface area is 95.0 Å². The molecule has 0 radical (unpaired) electrons. The smallest absolute Gasteiger partial charge is 0.307 e. The van der Waals surface area contributed by atoms with Gasteiger partial charge in [-0.2, -0.15) is 0 Å². The summed E-state index contributed by atoms with van der Waals surface area (Å²) in [5.41, 5.74) is 1.99.